The molecule has 2 nitrogen and oxygen atoms in total. The number of nitrogens with zero attached hydrogens (tertiary/aromatic N) is 1. The van der Waals surface area contributed by atoms with Gasteiger partial charge in [-0.15, -0.1) is 0 Å². The quantitative estimate of drug-likeness (QED) is 0.917. The van der Waals surface area contributed by atoms with Gasteiger partial charge in [-0.2, -0.15) is 0 Å². The molecule has 1 aromatic carbocycles. The molecule has 1 heterocycles. The third kappa shape index (κ3) is 3.71. The minimum absolute atomic E-state index is 0.855. The lowest BCUT2D eigenvalue weighted by Crippen LogP contribution is -2.32. The van der Waals surface area contributed by atoms with Crippen LogP contribution in [0.25, 0.3) is 0 Å². The molecule has 1 N–H and O–H groups in total. The summed E-state index contributed by atoms with van der Waals surface area (Å²) < 4.78 is 1.18. The van der Waals surface area contributed by atoms with Gasteiger partial charge in [0.2, 0.25) is 0 Å². The first-order valence-electron chi connectivity index (χ1n) is 6.44. The van der Waals surface area contributed by atoms with Crippen LogP contribution in [0.1, 0.15) is 19.3 Å². The summed E-state index contributed by atoms with van der Waals surface area (Å²) in [5.74, 6) is 0.855. The molecule has 1 fully saturated rings. The normalized spacial score (nSPS) is 20.2. The molecule has 0 amide bonds. The number of nitrogens with one attached hydrogen (secondary N) is 1. The van der Waals surface area contributed by atoms with E-state index in [0.29, 0.717) is 0 Å². The molecule has 3 heteroatoms. The van der Waals surface area contributed by atoms with E-state index in [1.165, 1.54) is 42.5 Å². The summed E-state index contributed by atoms with van der Waals surface area (Å²) in [6.45, 7) is 3.54. The molecular weight excluding hydrogens is 276 g/mol. The highest BCUT2D eigenvalue weighted by atomic mass is 79.9. The van der Waals surface area contributed by atoms with Crippen LogP contribution in [0.3, 0.4) is 0 Å². The van der Waals surface area contributed by atoms with Crippen LogP contribution in [0.15, 0.2) is 28.7 Å². The zero-order valence-corrected chi connectivity index (χ0v) is 12.0. The zero-order valence-electron chi connectivity index (χ0n) is 10.5. The number of para-hydroxylation sites is 1. The van der Waals surface area contributed by atoms with Gasteiger partial charge in [0.1, 0.15) is 0 Å². The molecule has 1 unspecified atom stereocenters. The van der Waals surface area contributed by atoms with E-state index >= 15 is 0 Å². The van der Waals surface area contributed by atoms with Gasteiger partial charge in [-0.1, -0.05) is 12.1 Å². The fourth-order valence-corrected chi connectivity index (χ4v) is 3.02. The maximum absolute atomic E-state index is 3.61. The lowest BCUT2D eigenvalue weighted by atomic mass is 9.96. The molecule has 0 spiro atoms. The summed E-state index contributed by atoms with van der Waals surface area (Å²) in [6.07, 6.45) is 4.01. The number of halogens is 1. The highest BCUT2D eigenvalue weighted by Crippen LogP contribution is 2.25. The Morgan fingerprint density at radius 2 is 2.24 bits per heavy atom. The van der Waals surface area contributed by atoms with Gasteiger partial charge in [-0.3, -0.25) is 0 Å². The van der Waals surface area contributed by atoms with Crippen molar-refractivity contribution in [3.8, 4) is 0 Å². The highest BCUT2D eigenvalue weighted by Gasteiger charge is 2.14. The van der Waals surface area contributed by atoms with E-state index in [1.54, 1.807) is 0 Å². The predicted molar refractivity (Wildman–Crippen MR) is 77.6 cm³/mol. The third-order valence-corrected chi connectivity index (χ3v) is 4.21. The molecule has 0 aliphatic carbocycles. The molecule has 1 atom stereocenters. The molecule has 2 rings (SSSR count). The van der Waals surface area contributed by atoms with Crippen molar-refractivity contribution < 1.29 is 0 Å². The highest BCUT2D eigenvalue weighted by molar-refractivity contribution is 9.10. The van der Waals surface area contributed by atoms with E-state index in [0.717, 1.165) is 12.5 Å². The average Bonchev–Trinajstić information content (AvgIpc) is 2.38. The van der Waals surface area contributed by atoms with Gasteiger partial charge < -0.3 is 10.2 Å². The van der Waals surface area contributed by atoms with Crippen molar-refractivity contribution in [2.75, 3.05) is 31.6 Å². The molecule has 0 aromatic heterocycles. The lowest BCUT2D eigenvalue weighted by molar-refractivity contribution is 0.360. The third-order valence-electron chi connectivity index (χ3n) is 3.54. The summed E-state index contributed by atoms with van der Waals surface area (Å²) in [5.41, 5.74) is 1.29. The zero-order chi connectivity index (χ0) is 12.1. The van der Waals surface area contributed by atoms with Crippen molar-refractivity contribution >= 4 is 21.6 Å². The van der Waals surface area contributed by atoms with Gasteiger partial charge >= 0.3 is 0 Å². The lowest BCUT2D eigenvalue weighted by Gasteiger charge is -2.26. The Morgan fingerprint density at radius 1 is 1.41 bits per heavy atom. The Labute approximate surface area is 113 Å². The van der Waals surface area contributed by atoms with Gasteiger partial charge in [-0.05, 0) is 66.3 Å². The van der Waals surface area contributed by atoms with Crippen molar-refractivity contribution in [2.24, 2.45) is 5.92 Å². The minimum Gasteiger partial charge on any atom is -0.374 e. The number of hydrogen-bond donors (Lipinski definition) is 1. The van der Waals surface area contributed by atoms with Crippen LogP contribution >= 0.6 is 15.9 Å². The molecular formula is C14H21BrN2. The molecule has 0 bridgehead atoms. The molecule has 17 heavy (non-hydrogen) atoms. The molecule has 1 aromatic rings. The SMILES string of the molecule is CN(CCC1CCCNC1)c1ccccc1Br. The fraction of sp³-hybridized carbons (Fsp3) is 0.571. The molecule has 0 saturated carbocycles. The minimum atomic E-state index is 0.855. The molecule has 1 aliphatic rings. The van der Waals surface area contributed by atoms with E-state index in [9.17, 15) is 0 Å². The summed E-state index contributed by atoms with van der Waals surface area (Å²) in [5, 5.41) is 3.48. The maximum atomic E-state index is 3.61. The maximum Gasteiger partial charge on any atom is 0.0508 e. The summed E-state index contributed by atoms with van der Waals surface area (Å²) in [7, 11) is 2.18. The van der Waals surface area contributed by atoms with Crippen LogP contribution in [0.4, 0.5) is 5.69 Å². The first kappa shape index (κ1) is 12.9. The fourth-order valence-electron chi connectivity index (χ4n) is 2.43. The number of benzene rings is 1. The Bertz CT molecular complexity index is 348. The Kier molecular flexibility index (Phi) is 4.86. The van der Waals surface area contributed by atoms with Crippen molar-refractivity contribution in [1.29, 1.82) is 0 Å². The van der Waals surface area contributed by atoms with Gasteiger partial charge in [0.05, 0.1) is 5.69 Å². The second-order valence-corrected chi connectivity index (χ2v) is 5.73. The average molecular weight is 297 g/mol. The van der Waals surface area contributed by atoms with E-state index in [2.05, 4.69) is 57.5 Å². The van der Waals surface area contributed by atoms with Crippen molar-refractivity contribution in [2.45, 2.75) is 19.3 Å². The van der Waals surface area contributed by atoms with Crippen LogP contribution in [0.2, 0.25) is 0 Å². The molecule has 94 valence electrons. The van der Waals surface area contributed by atoms with E-state index in [4.69, 9.17) is 0 Å². The molecule has 1 aliphatic heterocycles. The second kappa shape index (κ2) is 6.41. The van der Waals surface area contributed by atoms with Crippen LogP contribution < -0.4 is 10.2 Å². The van der Waals surface area contributed by atoms with Gasteiger partial charge in [0, 0.05) is 18.1 Å². The second-order valence-electron chi connectivity index (χ2n) is 4.87. The van der Waals surface area contributed by atoms with E-state index in [-0.39, 0.29) is 0 Å². The Hall–Kier alpha value is -0.540. The standard InChI is InChI=1S/C14H21BrN2/c1-17(14-7-3-2-6-13(14)15)10-8-12-5-4-9-16-11-12/h2-3,6-7,12,16H,4-5,8-11H2,1H3. The van der Waals surface area contributed by atoms with Gasteiger partial charge in [0.25, 0.3) is 0 Å². The van der Waals surface area contributed by atoms with Crippen molar-refractivity contribution in [3.05, 3.63) is 28.7 Å². The van der Waals surface area contributed by atoms with Crippen LogP contribution in [0, 0.1) is 5.92 Å². The summed E-state index contributed by atoms with van der Waals surface area (Å²) in [4.78, 5) is 2.35. The summed E-state index contributed by atoms with van der Waals surface area (Å²) in [6, 6.07) is 8.43. The molecule has 1 saturated heterocycles. The van der Waals surface area contributed by atoms with E-state index in [1.807, 2.05) is 0 Å². The monoisotopic (exact) mass is 296 g/mol. The first-order chi connectivity index (χ1) is 8.27. The predicted octanol–water partition coefficient (Wildman–Crippen LogP) is 3.28. The topological polar surface area (TPSA) is 15.3 Å². The summed E-state index contributed by atoms with van der Waals surface area (Å²) >= 11 is 3.61. The number of piperidine rings is 1. The van der Waals surface area contributed by atoms with Crippen molar-refractivity contribution in [1.82, 2.24) is 5.32 Å². The Morgan fingerprint density at radius 3 is 2.94 bits per heavy atom. The number of rotatable bonds is 4. The van der Waals surface area contributed by atoms with Crippen LogP contribution in [0.5, 0.6) is 0 Å². The van der Waals surface area contributed by atoms with Crippen molar-refractivity contribution in [3.63, 3.8) is 0 Å². The number of anilines is 1. The van der Waals surface area contributed by atoms with Gasteiger partial charge in [-0.25, -0.2) is 0 Å². The first-order valence-corrected chi connectivity index (χ1v) is 7.23. The van der Waals surface area contributed by atoms with Gasteiger partial charge in [0.15, 0.2) is 0 Å². The number of hydrogen-bond acceptors (Lipinski definition) is 2. The Balaban J connectivity index is 1.84. The molecule has 0 radical (unpaired) electrons. The largest absolute Gasteiger partial charge is 0.374 e. The smallest absolute Gasteiger partial charge is 0.0508 e. The van der Waals surface area contributed by atoms with Crippen LogP contribution in [-0.4, -0.2) is 26.7 Å². The van der Waals surface area contributed by atoms with Crippen LogP contribution in [-0.2, 0) is 0 Å². The van der Waals surface area contributed by atoms with E-state index < -0.39 is 0 Å².